The minimum atomic E-state index is -0.644. The van der Waals surface area contributed by atoms with Gasteiger partial charge in [0.25, 0.3) is 5.56 Å². The van der Waals surface area contributed by atoms with Crippen LogP contribution in [-0.2, 0) is 9.53 Å². The highest BCUT2D eigenvalue weighted by atomic mass is 79.9. The van der Waals surface area contributed by atoms with Gasteiger partial charge < -0.3 is 9.47 Å². The number of fused-ring (bicyclic) bond motifs is 1. The third-order valence-electron chi connectivity index (χ3n) is 5.17. The van der Waals surface area contributed by atoms with Crippen molar-refractivity contribution < 1.29 is 14.3 Å². The summed E-state index contributed by atoms with van der Waals surface area (Å²) >= 11 is 6.35. The maximum absolute atomic E-state index is 13.6. The Bertz CT molecular complexity index is 1400. The summed E-state index contributed by atoms with van der Waals surface area (Å²) < 4.78 is 14.0. The third kappa shape index (κ3) is 4.76. The number of nitrogens with zero attached hydrogens (tertiary/aromatic N) is 2. The van der Waals surface area contributed by atoms with E-state index in [2.05, 4.69) is 15.9 Å². The number of esters is 1. The molecule has 4 rings (SSSR count). The Balaban J connectivity index is 2.00. The van der Waals surface area contributed by atoms with E-state index in [1.165, 1.54) is 11.3 Å². The molecule has 0 N–H and O–H groups in total. The molecule has 0 unspecified atom stereocenters. The van der Waals surface area contributed by atoms with Gasteiger partial charge >= 0.3 is 5.97 Å². The van der Waals surface area contributed by atoms with Crippen LogP contribution in [0, 0.1) is 0 Å². The lowest BCUT2D eigenvalue weighted by molar-refractivity contribution is -0.139. The highest BCUT2D eigenvalue weighted by Gasteiger charge is 2.34. The molecule has 1 aromatic carbocycles. The Kier molecular flexibility index (Phi) is 7.31. The van der Waals surface area contributed by atoms with Gasteiger partial charge in [-0.15, -0.1) is 11.3 Å². The molecule has 0 aliphatic carbocycles. The number of thiophene rings is 1. The lowest BCUT2D eigenvalue weighted by Gasteiger charge is -2.26. The number of carbonyl (C=O) groups is 1. The first kappa shape index (κ1) is 23.7. The molecule has 9 heteroatoms. The summed E-state index contributed by atoms with van der Waals surface area (Å²) in [7, 11) is 1.59. The van der Waals surface area contributed by atoms with Crippen LogP contribution in [0.1, 0.15) is 43.2 Å². The zero-order valence-corrected chi connectivity index (χ0v) is 21.7. The number of rotatable bonds is 7. The van der Waals surface area contributed by atoms with Crippen molar-refractivity contribution in [1.29, 1.82) is 0 Å². The van der Waals surface area contributed by atoms with Crippen molar-refractivity contribution in [3.63, 3.8) is 0 Å². The second-order valence-corrected chi connectivity index (χ2v) is 10.8. The predicted octanol–water partition coefficient (Wildman–Crippen LogP) is 4.41. The molecule has 0 bridgehead atoms. The Hall–Kier alpha value is -2.49. The second-order valence-electron chi connectivity index (χ2n) is 7.33. The largest absolute Gasteiger partial charge is 0.497 e. The first-order valence-electron chi connectivity index (χ1n) is 10.6. The van der Waals surface area contributed by atoms with Crippen LogP contribution in [0.25, 0.3) is 6.08 Å². The molecule has 1 aliphatic rings. The van der Waals surface area contributed by atoms with E-state index in [1.807, 2.05) is 49.4 Å². The number of aromatic nitrogens is 1. The van der Waals surface area contributed by atoms with E-state index in [0.717, 1.165) is 20.6 Å². The molecule has 33 heavy (non-hydrogen) atoms. The number of allylic oxidation sites excluding steroid dienone is 1. The Morgan fingerprint density at radius 3 is 2.73 bits per heavy atom. The first-order chi connectivity index (χ1) is 16.0. The molecule has 3 aromatic rings. The molecule has 2 aromatic heterocycles. The fraction of sp³-hybridized carbons (Fsp3) is 0.292. The van der Waals surface area contributed by atoms with E-state index in [-0.39, 0.29) is 12.2 Å². The highest BCUT2D eigenvalue weighted by molar-refractivity contribution is 9.11. The number of halogens is 1. The summed E-state index contributed by atoms with van der Waals surface area (Å²) in [5.41, 5.74) is 1.65. The number of carbonyl (C=O) groups excluding carboxylic acids is 1. The van der Waals surface area contributed by atoms with Gasteiger partial charge in [0.15, 0.2) is 4.80 Å². The smallest absolute Gasteiger partial charge is 0.338 e. The van der Waals surface area contributed by atoms with Crippen LogP contribution in [-0.4, -0.2) is 24.3 Å². The van der Waals surface area contributed by atoms with Crippen LogP contribution in [0.4, 0.5) is 0 Å². The molecule has 0 radical (unpaired) electrons. The molecule has 3 heterocycles. The Labute approximate surface area is 207 Å². The van der Waals surface area contributed by atoms with E-state index in [4.69, 9.17) is 14.5 Å². The van der Waals surface area contributed by atoms with E-state index >= 15 is 0 Å². The van der Waals surface area contributed by atoms with Crippen LogP contribution in [0.2, 0.25) is 0 Å². The highest BCUT2D eigenvalue weighted by Crippen LogP contribution is 2.34. The van der Waals surface area contributed by atoms with E-state index in [0.29, 0.717) is 32.8 Å². The Morgan fingerprint density at radius 2 is 2.06 bits per heavy atom. The molecular weight excluding hydrogens is 524 g/mol. The molecular formula is C24H23BrN2O4S2. The number of thiazole rings is 1. The van der Waals surface area contributed by atoms with Gasteiger partial charge in [-0.1, -0.05) is 36.8 Å². The summed E-state index contributed by atoms with van der Waals surface area (Å²) in [6, 6.07) is 10.7. The summed E-state index contributed by atoms with van der Waals surface area (Å²) in [4.78, 5) is 33.1. The normalized spacial score (nSPS) is 15.9. The summed E-state index contributed by atoms with van der Waals surface area (Å²) in [5.74, 6) is 0.198. The van der Waals surface area contributed by atoms with Gasteiger partial charge in [-0.05, 0) is 65.2 Å². The molecule has 0 saturated heterocycles. The van der Waals surface area contributed by atoms with Crippen LogP contribution in [0.3, 0.4) is 0 Å². The molecule has 0 spiro atoms. The quantitative estimate of drug-likeness (QED) is 0.411. The first-order valence-corrected chi connectivity index (χ1v) is 13.0. The summed E-state index contributed by atoms with van der Waals surface area (Å²) in [6.45, 7) is 4.05. The number of ether oxygens (including phenoxy) is 2. The zero-order valence-electron chi connectivity index (χ0n) is 18.5. The lowest BCUT2D eigenvalue weighted by atomic mass is 9.94. The van der Waals surface area contributed by atoms with E-state index < -0.39 is 12.0 Å². The van der Waals surface area contributed by atoms with Crippen LogP contribution >= 0.6 is 38.6 Å². The molecule has 1 aliphatic heterocycles. The average molecular weight is 547 g/mol. The third-order valence-corrected chi connectivity index (χ3v) is 7.72. The Morgan fingerprint density at radius 1 is 1.24 bits per heavy atom. The molecule has 0 amide bonds. The molecule has 172 valence electrons. The number of hydrogen-bond acceptors (Lipinski definition) is 7. The van der Waals surface area contributed by atoms with E-state index in [9.17, 15) is 9.59 Å². The fourth-order valence-corrected chi connectivity index (χ4v) is 6.24. The number of benzene rings is 1. The van der Waals surface area contributed by atoms with Crippen molar-refractivity contribution in [1.82, 2.24) is 4.57 Å². The standard InChI is InChI=1S/C24H23BrN2O4S2/c1-4-7-17-20(23(29)31-5-2)21(14-8-6-9-15(12-14)30-3)27-22(28)18(33-24(27)26-17)13-16-10-11-19(25)32-16/h6,8-13,21H,4-5,7H2,1-3H3/b18-13+/t21-/m1/s1. The predicted molar refractivity (Wildman–Crippen MR) is 135 cm³/mol. The van der Waals surface area contributed by atoms with Crippen LogP contribution in [0.5, 0.6) is 5.75 Å². The maximum atomic E-state index is 13.6. The van der Waals surface area contributed by atoms with Gasteiger partial charge in [-0.3, -0.25) is 9.36 Å². The van der Waals surface area contributed by atoms with Crippen molar-refractivity contribution in [2.24, 2.45) is 4.99 Å². The maximum Gasteiger partial charge on any atom is 0.338 e. The second kappa shape index (κ2) is 10.2. The van der Waals surface area contributed by atoms with Gasteiger partial charge in [0.2, 0.25) is 0 Å². The molecule has 0 fully saturated rings. The van der Waals surface area contributed by atoms with Crippen LogP contribution in [0.15, 0.2) is 61.2 Å². The van der Waals surface area contributed by atoms with Crippen molar-refractivity contribution in [2.45, 2.75) is 32.7 Å². The summed E-state index contributed by atoms with van der Waals surface area (Å²) in [6.07, 6.45) is 3.29. The van der Waals surface area contributed by atoms with Crippen molar-refractivity contribution in [2.75, 3.05) is 13.7 Å². The van der Waals surface area contributed by atoms with Crippen LogP contribution < -0.4 is 19.6 Å². The van der Waals surface area contributed by atoms with Gasteiger partial charge in [-0.2, -0.15) is 0 Å². The van der Waals surface area contributed by atoms with Gasteiger partial charge in [0.05, 0.1) is 39.3 Å². The molecule has 6 nitrogen and oxygen atoms in total. The van der Waals surface area contributed by atoms with Gasteiger partial charge in [0, 0.05) is 4.88 Å². The van der Waals surface area contributed by atoms with Gasteiger partial charge in [-0.25, -0.2) is 9.79 Å². The number of hydrogen-bond donors (Lipinski definition) is 0. The SMILES string of the molecule is CCCC1=C(C(=O)OCC)[C@@H](c2cccc(OC)c2)n2c(s/c(=C/c3ccc(Br)s3)c2=O)=N1. The minimum absolute atomic E-state index is 0.187. The topological polar surface area (TPSA) is 69.9 Å². The zero-order chi connectivity index (χ0) is 23.5. The fourth-order valence-electron chi connectivity index (χ4n) is 3.78. The van der Waals surface area contributed by atoms with Crippen molar-refractivity contribution in [3.05, 3.63) is 81.6 Å². The lowest BCUT2D eigenvalue weighted by Crippen LogP contribution is -2.40. The number of methoxy groups -OCH3 is 1. The molecule has 0 saturated carbocycles. The van der Waals surface area contributed by atoms with Crippen molar-refractivity contribution in [3.8, 4) is 5.75 Å². The monoisotopic (exact) mass is 546 g/mol. The van der Waals surface area contributed by atoms with Gasteiger partial charge in [0.1, 0.15) is 5.75 Å². The van der Waals surface area contributed by atoms with Crippen molar-refractivity contribution >= 4 is 50.6 Å². The minimum Gasteiger partial charge on any atom is -0.497 e. The summed E-state index contributed by atoms with van der Waals surface area (Å²) in [5, 5.41) is 0. The molecule has 1 atom stereocenters. The van der Waals surface area contributed by atoms with E-state index in [1.54, 1.807) is 29.9 Å². The average Bonchev–Trinajstić information content (AvgIpc) is 3.35.